The molecule has 0 radical (unpaired) electrons. The van der Waals surface area contributed by atoms with Crippen molar-refractivity contribution in [2.24, 2.45) is 0 Å². The third-order valence-corrected chi connectivity index (χ3v) is 7.67. The Hall–Kier alpha value is -3.97. The summed E-state index contributed by atoms with van der Waals surface area (Å²) in [6.45, 7) is 0.490. The number of aromatic amines is 1. The van der Waals surface area contributed by atoms with Crippen molar-refractivity contribution >= 4 is 27.0 Å². The van der Waals surface area contributed by atoms with Crippen LogP contribution in [0.3, 0.4) is 0 Å². The van der Waals surface area contributed by atoms with Gasteiger partial charge in [0.05, 0.1) is 28.5 Å². The molecule has 4 aromatic rings. The Labute approximate surface area is 216 Å². The number of hydrogen-bond donors (Lipinski definition) is 2. The van der Waals surface area contributed by atoms with E-state index in [1.165, 1.54) is 18.4 Å². The Morgan fingerprint density at radius 2 is 1.76 bits per heavy atom. The van der Waals surface area contributed by atoms with E-state index in [4.69, 9.17) is 19.6 Å². The van der Waals surface area contributed by atoms with Crippen molar-refractivity contribution in [3.8, 4) is 16.9 Å². The summed E-state index contributed by atoms with van der Waals surface area (Å²) >= 11 is 0. The number of aromatic nitrogens is 3. The molecule has 5 rings (SSSR count). The van der Waals surface area contributed by atoms with Crippen LogP contribution in [0.15, 0.2) is 65.8 Å². The number of imidazole rings is 1. The molecule has 2 aromatic heterocycles. The maximum absolute atomic E-state index is 12.5. The van der Waals surface area contributed by atoms with Gasteiger partial charge in [0.15, 0.2) is 0 Å². The lowest BCUT2D eigenvalue weighted by Gasteiger charge is -2.24. The highest BCUT2D eigenvalue weighted by molar-refractivity contribution is 7.89. The van der Waals surface area contributed by atoms with E-state index in [0.29, 0.717) is 13.0 Å². The largest absolute Gasteiger partial charge is 0.493 e. The van der Waals surface area contributed by atoms with Gasteiger partial charge in [-0.05, 0) is 65.6 Å². The third kappa shape index (κ3) is 5.78. The molecule has 0 spiro atoms. The van der Waals surface area contributed by atoms with Crippen molar-refractivity contribution in [1.29, 1.82) is 0 Å². The number of nitrogens with zero attached hydrogens (tertiary/aromatic N) is 3. The van der Waals surface area contributed by atoms with E-state index in [1.54, 1.807) is 30.6 Å². The van der Waals surface area contributed by atoms with Crippen molar-refractivity contribution in [2.45, 2.75) is 23.4 Å². The Morgan fingerprint density at radius 3 is 2.39 bits per heavy atom. The van der Waals surface area contributed by atoms with Crippen LogP contribution in [-0.4, -0.2) is 65.6 Å². The normalized spacial score (nSPS) is 15.4. The van der Waals surface area contributed by atoms with Crippen LogP contribution in [0, 0.1) is 0 Å². The fourth-order valence-electron chi connectivity index (χ4n) is 3.86. The summed E-state index contributed by atoms with van der Waals surface area (Å²) < 4.78 is 63.9. The zero-order chi connectivity index (χ0) is 27.7. The van der Waals surface area contributed by atoms with Crippen LogP contribution in [0.5, 0.6) is 5.75 Å². The number of nitrogens with one attached hydrogen (secondary N) is 1. The van der Waals surface area contributed by atoms with Gasteiger partial charge in [-0.15, -0.1) is 0 Å². The molecule has 0 saturated carbocycles. The third-order valence-electron chi connectivity index (χ3n) is 5.86. The summed E-state index contributed by atoms with van der Waals surface area (Å²) in [5.41, 5.74) is 4.91. The molecule has 1 unspecified atom stereocenters. The first kappa shape index (κ1) is 27.1. The number of carbonyl (C=O) groups is 1. The molecule has 3 heterocycles. The van der Waals surface area contributed by atoms with Crippen LogP contribution in [0.1, 0.15) is 17.3 Å². The van der Waals surface area contributed by atoms with Gasteiger partial charge in [0, 0.05) is 26.5 Å². The number of sulfonamides is 1. The highest BCUT2D eigenvalue weighted by Gasteiger charge is 2.38. The zero-order valence-electron chi connectivity index (χ0n) is 20.2. The molecule has 0 saturated heterocycles. The number of alkyl halides is 3. The second-order valence-corrected chi connectivity index (χ2v) is 10.8. The van der Waals surface area contributed by atoms with E-state index in [2.05, 4.69) is 16.0 Å². The molecule has 1 aliphatic rings. The summed E-state index contributed by atoms with van der Waals surface area (Å²) in [7, 11) is -0.433. The first-order chi connectivity index (χ1) is 17.9. The molecule has 0 aliphatic carbocycles. The number of pyridine rings is 1. The summed E-state index contributed by atoms with van der Waals surface area (Å²) in [5, 5.41) is 7.12. The number of rotatable bonds is 4. The molecule has 200 valence electrons. The van der Waals surface area contributed by atoms with Gasteiger partial charge in [-0.1, -0.05) is 6.07 Å². The van der Waals surface area contributed by atoms with E-state index < -0.39 is 22.2 Å². The van der Waals surface area contributed by atoms with E-state index in [9.17, 15) is 21.6 Å². The van der Waals surface area contributed by atoms with Crippen LogP contribution in [0.25, 0.3) is 22.2 Å². The molecule has 38 heavy (non-hydrogen) atoms. The van der Waals surface area contributed by atoms with Crippen LogP contribution in [-0.2, 0) is 21.2 Å². The Bertz CT molecular complexity index is 1570. The number of carboxylic acids is 1. The van der Waals surface area contributed by atoms with Crippen molar-refractivity contribution in [3.05, 3.63) is 72.3 Å². The van der Waals surface area contributed by atoms with E-state index >= 15 is 0 Å². The van der Waals surface area contributed by atoms with E-state index in [-0.39, 0.29) is 10.8 Å². The molecule has 2 aromatic carbocycles. The molecule has 1 atom stereocenters. The molecule has 13 heteroatoms. The van der Waals surface area contributed by atoms with Crippen molar-refractivity contribution in [1.82, 2.24) is 19.3 Å². The molecular formula is C25H23F3N4O5S. The Morgan fingerprint density at radius 1 is 1.08 bits per heavy atom. The van der Waals surface area contributed by atoms with Crippen LogP contribution in [0.4, 0.5) is 13.2 Å². The lowest BCUT2D eigenvalue weighted by molar-refractivity contribution is -0.192. The smallest absolute Gasteiger partial charge is 0.490 e. The second-order valence-electron chi connectivity index (χ2n) is 8.66. The van der Waals surface area contributed by atoms with Gasteiger partial charge in [-0.3, -0.25) is 4.98 Å². The average Bonchev–Trinajstić information content (AvgIpc) is 3.32. The first-order valence-electron chi connectivity index (χ1n) is 11.2. The maximum atomic E-state index is 12.5. The van der Waals surface area contributed by atoms with Gasteiger partial charge in [0.25, 0.3) is 0 Å². The summed E-state index contributed by atoms with van der Waals surface area (Å²) in [4.78, 5) is 21.4. The molecule has 0 bridgehead atoms. The highest BCUT2D eigenvalue weighted by Crippen LogP contribution is 2.34. The summed E-state index contributed by atoms with van der Waals surface area (Å²) in [6.07, 6.45) is -0.873. The van der Waals surface area contributed by atoms with Crippen LogP contribution >= 0.6 is 0 Å². The molecule has 0 fully saturated rings. The van der Waals surface area contributed by atoms with Gasteiger partial charge < -0.3 is 14.8 Å². The van der Waals surface area contributed by atoms with Gasteiger partial charge in [-0.25, -0.2) is 22.5 Å². The number of H-pyrrole nitrogens is 1. The Balaban J connectivity index is 0.000000426. The fraction of sp³-hybridized carbons (Fsp3) is 0.240. The predicted octanol–water partition coefficient (Wildman–Crippen LogP) is 4.23. The van der Waals surface area contributed by atoms with Crippen molar-refractivity contribution in [3.63, 3.8) is 0 Å². The number of benzene rings is 2. The van der Waals surface area contributed by atoms with Crippen LogP contribution < -0.4 is 4.74 Å². The lowest BCUT2D eigenvalue weighted by atomic mass is 9.96. The second kappa shape index (κ2) is 10.4. The minimum Gasteiger partial charge on any atom is -0.493 e. The lowest BCUT2D eigenvalue weighted by Crippen LogP contribution is -2.24. The average molecular weight is 549 g/mol. The number of fused-ring (bicyclic) bond motifs is 2. The van der Waals surface area contributed by atoms with Crippen molar-refractivity contribution < 1.29 is 36.2 Å². The number of aliphatic carboxylic acids is 1. The molecular weight excluding hydrogens is 525 g/mol. The zero-order valence-corrected chi connectivity index (χ0v) is 21.0. The van der Waals surface area contributed by atoms with Crippen molar-refractivity contribution in [2.75, 3.05) is 20.7 Å². The highest BCUT2D eigenvalue weighted by atomic mass is 32.2. The molecule has 9 nitrogen and oxygen atoms in total. The first-order valence-corrected chi connectivity index (χ1v) is 12.7. The van der Waals surface area contributed by atoms with E-state index in [1.807, 2.05) is 24.3 Å². The van der Waals surface area contributed by atoms with E-state index in [0.717, 1.165) is 39.3 Å². The van der Waals surface area contributed by atoms with Crippen LogP contribution in [0.2, 0.25) is 0 Å². The minimum absolute atomic E-state index is 0.0154. The summed E-state index contributed by atoms with van der Waals surface area (Å²) in [6, 6.07) is 15.1. The van der Waals surface area contributed by atoms with Gasteiger partial charge in [0.1, 0.15) is 11.6 Å². The summed E-state index contributed by atoms with van der Waals surface area (Å²) in [5.74, 6) is -1.17. The number of hydrogen-bond acceptors (Lipinski definition) is 6. The molecule has 1 aliphatic heterocycles. The standard InChI is InChI=1S/C23H22N4O3S.C2HF3O2/c1-27(2)31(28,29)19-4-6-22-17(12-19)11-18(14-30-22)23-25-20-5-3-16(13-21(20)26-23)15-7-9-24-10-8-15;3-2(4,5)1(6)7/h3-10,12-13,18H,11,14H2,1-2H3,(H,25,26);(H,6,7). The monoisotopic (exact) mass is 548 g/mol. The van der Waals surface area contributed by atoms with Gasteiger partial charge in [-0.2, -0.15) is 13.2 Å². The maximum Gasteiger partial charge on any atom is 0.490 e. The number of ether oxygens (including phenoxy) is 1. The molecule has 0 amide bonds. The van der Waals surface area contributed by atoms with Gasteiger partial charge >= 0.3 is 12.1 Å². The topological polar surface area (TPSA) is 125 Å². The minimum atomic E-state index is -5.08. The Kier molecular flexibility index (Phi) is 7.42. The number of carboxylic acid groups (broad SMARTS) is 1. The quantitative estimate of drug-likeness (QED) is 0.391. The number of halogens is 3. The SMILES string of the molecule is CN(C)S(=O)(=O)c1ccc2c(c1)CC(c1nc3ccc(-c4ccncc4)cc3[nH]1)CO2.O=C(O)C(F)(F)F. The predicted molar refractivity (Wildman–Crippen MR) is 132 cm³/mol. The fourth-order valence-corrected chi connectivity index (χ4v) is 4.82. The molecule has 2 N–H and O–H groups in total. The van der Waals surface area contributed by atoms with Gasteiger partial charge in [0.2, 0.25) is 10.0 Å².